The molecule has 0 bridgehead atoms. The van der Waals surface area contributed by atoms with E-state index < -0.39 is 0 Å². The summed E-state index contributed by atoms with van der Waals surface area (Å²) in [6.07, 6.45) is 0. The van der Waals surface area contributed by atoms with Crippen LogP contribution in [0.1, 0.15) is 24.3 Å². The van der Waals surface area contributed by atoms with Crippen molar-refractivity contribution in [3.63, 3.8) is 0 Å². The third-order valence-electron chi connectivity index (χ3n) is 4.59. The Hall–Kier alpha value is -2.59. The summed E-state index contributed by atoms with van der Waals surface area (Å²) in [5, 5.41) is 1.09. The molecule has 0 N–H and O–H groups in total. The van der Waals surface area contributed by atoms with E-state index in [1.807, 2.05) is 73.6 Å². The van der Waals surface area contributed by atoms with Gasteiger partial charge in [0.1, 0.15) is 11.3 Å². The Morgan fingerprint density at radius 3 is 2.44 bits per heavy atom. The molecular weight excluding hydrogens is 312 g/mol. The summed E-state index contributed by atoms with van der Waals surface area (Å²) < 4.78 is 5.92. The Balaban J connectivity index is 1.62. The van der Waals surface area contributed by atoms with Crippen molar-refractivity contribution in [2.45, 2.75) is 19.5 Å². The normalized spacial score (nSPS) is 12.5. The lowest BCUT2D eigenvalue weighted by atomic mass is 10.2. The average molecular weight is 336 g/mol. The van der Waals surface area contributed by atoms with Crippen LogP contribution in [-0.2, 0) is 11.3 Å². The summed E-state index contributed by atoms with van der Waals surface area (Å²) in [5.74, 6) is 0.969. The number of nitrogens with zero attached hydrogens (tertiary/aromatic N) is 2. The standard InChI is InChI=1S/C21H24N2O2/c1-16(20-13-18-11-7-8-12-19(18)25-20)22(2)15-21(24)23(3)14-17-9-5-4-6-10-17/h4-13,16H,14-15H2,1-3H3/t16-/m0/s1. The van der Waals surface area contributed by atoms with E-state index in [9.17, 15) is 4.79 Å². The fourth-order valence-corrected chi connectivity index (χ4v) is 2.84. The van der Waals surface area contributed by atoms with Crippen molar-refractivity contribution in [2.75, 3.05) is 20.6 Å². The molecule has 1 atom stereocenters. The Labute approximate surface area is 148 Å². The summed E-state index contributed by atoms with van der Waals surface area (Å²) in [7, 11) is 3.79. The number of benzene rings is 2. The molecule has 3 rings (SSSR count). The predicted molar refractivity (Wildman–Crippen MR) is 100 cm³/mol. The first-order chi connectivity index (χ1) is 12.0. The highest BCUT2D eigenvalue weighted by Gasteiger charge is 2.20. The number of rotatable bonds is 6. The Morgan fingerprint density at radius 2 is 1.72 bits per heavy atom. The van der Waals surface area contributed by atoms with E-state index in [-0.39, 0.29) is 11.9 Å². The number of hydrogen-bond acceptors (Lipinski definition) is 3. The molecule has 3 aromatic rings. The van der Waals surface area contributed by atoms with Crippen LogP contribution < -0.4 is 0 Å². The van der Waals surface area contributed by atoms with Gasteiger partial charge in [-0.15, -0.1) is 0 Å². The number of carbonyl (C=O) groups excluding carboxylic acids is 1. The minimum absolute atomic E-state index is 0.0291. The van der Waals surface area contributed by atoms with Gasteiger partial charge in [0.05, 0.1) is 12.6 Å². The van der Waals surface area contributed by atoms with Crippen LogP contribution >= 0.6 is 0 Å². The molecule has 0 aliphatic rings. The predicted octanol–water partition coefficient (Wildman–Crippen LogP) is 4.08. The van der Waals surface area contributed by atoms with Crippen LogP contribution in [0.2, 0.25) is 0 Å². The second-order valence-electron chi connectivity index (χ2n) is 6.51. The quantitative estimate of drug-likeness (QED) is 0.680. The Kier molecular flexibility index (Phi) is 5.19. The van der Waals surface area contributed by atoms with Gasteiger partial charge in [-0.05, 0) is 31.7 Å². The number of amides is 1. The van der Waals surface area contributed by atoms with Crippen molar-refractivity contribution in [3.05, 3.63) is 72.0 Å². The molecule has 0 aliphatic carbocycles. The minimum Gasteiger partial charge on any atom is -0.459 e. The summed E-state index contributed by atoms with van der Waals surface area (Å²) in [6.45, 7) is 3.02. The Bertz CT molecular complexity index is 808. The second kappa shape index (κ2) is 7.53. The zero-order valence-electron chi connectivity index (χ0n) is 15.0. The number of hydrogen-bond donors (Lipinski definition) is 0. The lowest BCUT2D eigenvalue weighted by Crippen LogP contribution is -2.37. The van der Waals surface area contributed by atoms with Crippen LogP contribution in [0, 0.1) is 0 Å². The van der Waals surface area contributed by atoms with E-state index in [0.29, 0.717) is 13.1 Å². The van der Waals surface area contributed by atoms with Crippen molar-refractivity contribution in [3.8, 4) is 0 Å². The lowest BCUT2D eigenvalue weighted by Gasteiger charge is -2.25. The van der Waals surface area contributed by atoms with E-state index in [4.69, 9.17) is 4.42 Å². The molecule has 1 amide bonds. The first-order valence-electron chi connectivity index (χ1n) is 8.51. The minimum atomic E-state index is 0.0291. The van der Waals surface area contributed by atoms with Gasteiger partial charge in [-0.3, -0.25) is 9.69 Å². The largest absolute Gasteiger partial charge is 0.459 e. The zero-order valence-corrected chi connectivity index (χ0v) is 15.0. The van der Waals surface area contributed by atoms with Gasteiger partial charge in [0.25, 0.3) is 0 Å². The van der Waals surface area contributed by atoms with Crippen LogP contribution in [0.4, 0.5) is 0 Å². The fraction of sp³-hybridized carbons (Fsp3) is 0.286. The van der Waals surface area contributed by atoms with Crippen LogP contribution in [-0.4, -0.2) is 36.3 Å². The summed E-state index contributed by atoms with van der Waals surface area (Å²) >= 11 is 0. The van der Waals surface area contributed by atoms with Gasteiger partial charge in [-0.2, -0.15) is 0 Å². The molecule has 0 aliphatic heterocycles. The second-order valence-corrected chi connectivity index (χ2v) is 6.51. The van der Waals surface area contributed by atoms with Crippen LogP contribution in [0.5, 0.6) is 0 Å². The molecule has 0 fully saturated rings. The van der Waals surface area contributed by atoms with Gasteiger partial charge in [0.15, 0.2) is 0 Å². The number of fused-ring (bicyclic) bond motifs is 1. The maximum Gasteiger partial charge on any atom is 0.236 e. The smallest absolute Gasteiger partial charge is 0.236 e. The molecule has 1 aromatic heterocycles. The van der Waals surface area contributed by atoms with E-state index >= 15 is 0 Å². The highest BCUT2D eigenvalue weighted by Crippen LogP contribution is 2.26. The van der Waals surface area contributed by atoms with Gasteiger partial charge in [0.2, 0.25) is 5.91 Å². The molecule has 130 valence electrons. The topological polar surface area (TPSA) is 36.7 Å². The number of para-hydroxylation sites is 1. The molecule has 0 unspecified atom stereocenters. The van der Waals surface area contributed by atoms with Crippen molar-refractivity contribution in [1.82, 2.24) is 9.80 Å². The van der Waals surface area contributed by atoms with E-state index in [0.717, 1.165) is 22.3 Å². The fourth-order valence-electron chi connectivity index (χ4n) is 2.84. The molecular formula is C21H24N2O2. The molecule has 0 radical (unpaired) electrons. The molecule has 2 aromatic carbocycles. The SMILES string of the molecule is C[C@@H](c1cc2ccccc2o1)N(C)CC(=O)N(C)Cc1ccccc1. The third-order valence-corrected chi connectivity index (χ3v) is 4.59. The van der Waals surface area contributed by atoms with Crippen molar-refractivity contribution in [1.29, 1.82) is 0 Å². The van der Waals surface area contributed by atoms with Crippen LogP contribution in [0.15, 0.2) is 65.1 Å². The maximum absolute atomic E-state index is 12.5. The summed E-state index contributed by atoms with van der Waals surface area (Å²) in [5.41, 5.74) is 2.01. The highest BCUT2D eigenvalue weighted by atomic mass is 16.3. The summed E-state index contributed by atoms with van der Waals surface area (Å²) in [4.78, 5) is 16.3. The van der Waals surface area contributed by atoms with Crippen molar-refractivity contribution < 1.29 is 9.21 Å². The molecule has 0 saturated carbocycles. The molecule has 25 heavy (non-hydrogen) atoms. The molecule has 1 heterocycles. The van der Waals surface area contributed by atoms with Gasteiger partial charge in [0, 0.05) is 19.0 Å². The van der Waals surface area contributed by atoms with Gasteiger partial charge in [-0.25, -0.2) is 0 Å². The van der Waals surface area contributed by atoms with Crippen molar-refractivity contribution >= 4 is 16.9 Å². The van der Waals surface area contributed by atoms with E-state index in [2.05, 4.69) is 13.0 Å². The van der Waals surface area contributed by atoms with E-state index in [1.54, 1.807) is 4.90 Å². The number of carbonyl (C=O) groups is 1. The van der Waals surface area contributed by atoms with Gasteiger partial charge in [-0.1, -0.05) is 48.5 Å². The first kappa shape index (κ1) is 17.2. The van der Waals surface area contributed by atoms with Gasteiger partial charge >= 0.3 is 0 Å². The average Bonchev–Trinajstić information content (AvgIpc) is 3.05. The van der Waals surface area contributed by atoms with Crippen molar-refractivity contribution in [2.24, 2.45) is 0 Å². The molecule has 4 nitrogen and oxygen atoms in total. The number of furan rings is 1. The first-order valence-corrected chi connectivity index (χ1v) is 8.51. The Morgan fingerprint density at radius 1 is 1.04 bits per heavy atom. The number of likely N-dealkylation sites (N-methyl/N-ethyl adjacent to an activating group) is 2. The van der Waals surface area contributed by atoms with Gasteiger partial charge < -0.3 is 9.32 Å². The maximum atomic E-state index is 12.5. The molecule has 0 saturated heterocycles. The summed E-state index contributed by atoms with van der Waals surface area (Å²) in [6, 6.07) is 20.1. The van der Waals surface area contributed by atoms with Crippen LogP contribution in [0.25, 0.3) is 11.0 Å². The lowest BCUT2D eigenvalue weighted by molar-refractivity contribution is -0.131. The van der Waals surface area contributed by atoms with Crippen LogP contribution in [0.3, 0.4) is 0 Å². The third kappa shape index (κ3) is 4.09. The monoisotopic (exact) mass is 336 g/mol. The van der Waals surface area contributed by atoms with E-state index in [1.165, 1.54) is 0 Å². The molecule has 4 heteroatoms. The molecule has 0 spiro atoms. The highest BCUT2D eigenvalue weighted by molar-refractivity contribution is 5.79. The zero-order chi connectivity index (χ0) is 17.8.